The first kappa shape index (κ1) is 15.8. The lowest BCUT2D eigenvalue weighted by molar-refractivity contribution is 0.412. The molecule has 1 unspecified atom stereocenters. The molecular weight excluding hydrogens is 245 g/mol. The van der Waals surface area contributed by atoms with E-state index in [9.17, 15) is 0 Å². The van der Waals surface area contributed by atoms with Crippen LogP contribution in [-0.2, 0) is 6.54 Å². The van der Waals surface area contributed by atoms with E-state index >= 15 is 0 Å². The van der Waals surface area contributed by atoms with Gasteiger partial charge in [-0.3, -0.25) is 0 Å². The molecule has 94 valence electrons. The van der Waals surface area contributed by atoms with Gasteiger partial charge in [0.1, 0.15) is 0 Å². The molecule has 2 heterocycles. The fraction of sp³-hybridized carbons (Fsp3) is 0.727. The van der Waals surface area contributed by atoms with Crippen LogP contribution in [0, 0.1) is 12.8 Å². The zero-order valence-corrected chi connectivity index (χ0v) is 11.3. The van der Waals surface area contributed by atoms with E-state index in [1.54, 1.807) is 0 Å². The van der Waals surface area contributed by atoms with Crippen molar-refractivity contribution in [1.29, 1.82) is 0 Å². The summed E-state index contributed by atoms with van der Waals surface area (Å²) in [5.74, 6) is 0.783. The molecule has 5 heteroatoms. The van der Waals surface area contributed by atoms with Crippen LogP contribution in [0.15, 0.2) is 12.5 Å². The number of hydrogen-bond donors (Lipinski definition) is 1. The molecule has 0 amide bonds. The van der Waals surface area contributed by atoms with Crippen LogP contribution in [0.4, 0.5) is 0 Å². The molecule has 1 aromatic rings. The number of aromatic nitrogens is 2. The average molecular weight is 266 g/mol. The molecule has 0 spiro atoms. The quantitative estimate of drug-likeness (QED) is 0.891. The number of nitrogens with zero attached hydrogens (tertiary/aromatic N) is 2. The molecule has 3 nitrogen and oxygen atoms in total. The molecule has 0 bridgehead atoms. The van der Waals surface area contributed by atoms with Gasteiger partial charge in [0, 0.05) is 12.7 Å². The second-order valence-corrected chi connectivity index (χ2v) is 4.28. The van der Waals surface area contributed by atoms with Gasteiger partial charge in [-0.05, 0) is 38.8 Å². The van der Waals surface area contributed by atoms with Gasteiger partial charge in [0.15, 0.2) is 0 Å². The van der Waals surface area contributed by atoms with Gasteiger partial charge in [-0.15, -0.1) is 24.8 Å². The van der Waals surface area contributed by atoms with Crippen molar-refractivity contribution >= 4 is 24.8 Å². The number of nitrogens with one attached hydrogen (secondary N) is 1. The zero-order valence-electron chi connectivity index (χ0n) is 9.69. The Morgan fingerprint density at radius 1 is 1.44 bits per heavy atom. The van der Waals surface area contributed by atoms with Crippen LogP contribution in [0.1, 0.15) is 25.0 Å². The maximum absolute atomic E-state index is 4.25. The highest BCUT2D eigenvalue weighted by Crippen LogP contribution is 2.13. The molecule has 1 fully saturated rings. The molecule has 1 atom stereocenters. The van der Waals surface area contributed by atoms with Crippen molar-refractivity contribution in [3.8, 4) is 0 Å². The highest BCUT2D eigenvalue weighted by molar-refractivity contribution is 5.85. The van der Waals surface area contributed by atoms with Crippen LogP contribution in [-0.4, -0.2) is 22.6 Å². The van der Waals surface area contributed by atoms with Gasteiger partial charge in [0.25, 0.3) is 0 Å². The standard InChI is InChI=1S/C11H19N3.2ClH/c1-10-7-14(9-13-10)8-11-4-2-3-5-12-6-11;;/h7,9,11-12H,2-6,8H2,1H3;2*1H. The minimum absolute atomic E-state index is 0. The number of rotatable bonds is 2. The van der Waals surface area contributed by atoms with Crippen molar-refractivity contribution in [3.63, 3.8) is 0 Å². The number of hydrogen-bond acceptors (Lipinski definition) is 2. The summed E-state index contributed by atoms with van der Waals surface area (Å²) in [6.07, 6.45) is 8.13. The first-order chi connectivity index (χ1) is 6.84. The number of imidazole rings is 1. The lowest BCUT2D eigenvalue weighted by Crippen LogP contribution is -2.23. The van der Waals surface area contributed by atoms with E-state index in [-0.39, 0.29) is 24.8 Å². The second kappa shape index (κ2) is 7.93. The van der Waals surface area contributed by atoms with Crippen molar-refractivity contribution in [1.82, 2.24) is 14.9 Å². The van der Waals surface area contributed by atoms with Crippen molar-refractivity contribution < 1.29 is 0 Å². The van der Waals surface area contributed by atoms with Crippen LogP contribution in [0.3, 0.4) is 0 Å². The van der Waals surface area contributed by atoms with Crippen molar-refractivity contribution in [2.24, 2.45) is 5.92 Å². The highest BCUT2D eigenvalue weighted by atomic mass is 35.5. The van der Waals surface area contributed by atoms with E-state index in [0.717, 1.165) is 24.7 Å². The normalized spacial score (nSPS) is 20.4. The predicted octanol–water partition coefficient (Wildman–Crippen LogP) is 2.42. The zero-order chi connectivity index (χ0) is 9.80. The summed E-state index contributed by atoms with van der Waals surface area (Å²) in [6, 6.07) is 0. The molecule has 0 radical (unpaired) electrons. The third-order valence-corrected chi connectivity index (χ3v) is 2.88. The highest BCUT2D eigenvalue weighted by Gasteiger charge is 2.11. The minimum atomic E-state index is 0. The number of halogens is 2. The topological polar surface area (TPSA) is 29.9 Å². The van der Waals surface area contributed by atoms with Gasteiger partial charge in [-0.2, -0.15) is 0 Å². The summed E-state index contributed by atoms with van der Waals surface area (Å²) in [6.45, 7) is 5.52. The van der Waals surface area contributed by atoms with Gasteiger partial charge in [-0.1, -0.05) is 6.42 Å². The van der Waals surface area contributed by atoms with Crippen molar-refractivity contribution in [2.75, 3.05) is 13.1 Å². The van der Waals surface area contributed by atoms with E-state index in [1.165, 1.54) is 25.8 Å². The largest absolute Gasteiger partial charge is 0.337 e. The van der Waals surface area contributed by atoms with Gasteiger partial charge < -0.3 is 9.88 Å². The lowest BCUT2D eigenvalue weighted by atomic mass is 10.0. The predicted molar refractivity (Wildman–Crippen MR) is 71.7 cm³/mol. The molecule has 0 saturated carbocycles. The van der Waals surface area contributed by atoms with Crippen LogP contribution in [0.25, 0.3) is 0 Å². The number of aryl methyl sites for hydroxylation is 1. The Morgan fingerprint density at radius 2 is 2.25 bits per heavy atom. The first-order valence-corrected chi connectivity index (χ1v) is 5.53. The maximum Gasteiger partial charge on any atom is 0.0949 e. The lowest BCUT2D eigenvalue weighted by Gasteiger charge is -2.14. The molecule has 1 aliphatic heterocycles. The maximum atomic E-state index is 4.25. The van der Waals surface area contributed by atoms with E-state index < -0.39 is 0 Å². The molecule has 0 aliphatic carbocycles. The molecule has 16 heavy (non-hydrogen) atoms. The smallest absolute Gasteiger partial charge is 0.0949 e. The van der Waals surface area contributed by atoms with Gasteiger partial charge in [-0.25, -0.2) is 4.98 Å². The van der Waals surface area contributed by atoms with Crippen molar-refractivity contribution in [2.45, 2.75) is 32.7 Å². The molecule has 1 aromatic heterocycles. The average Bonchev–Trinajstić information content (AvgIpc) is 2.43. The Morgan fingerprint density at radius 3 is 2.94 bits per heavy atom. The van der Waals surface area contributed by atoms with E-state index in [4.69, 9.17) is 0 Å². The van der Waals surface area contributed by atoms with E-state index in [1.807, 2.05) is 13.3 Å². The van der Waals surface area contributed by atoms with Crippen molar-refractivity contribution in [3.05, 3.63) is 18.2 Å². The fourth-order valence-electron chi connectivity index (χ4n) is 2.12. The SMILES string of the molecule is Cc1cn(CC2CCCCNC2)cn1.Cl.Cl. The van der Waals surface area contributed by atoms with Gasteiger partial charge in [0.05, 0.1) is 12.0 Å². The third-order valence-electron chi connectivity index (χ3n) is 2.88. The second-order valence-electron chi connectivity index (χ2n) is 4.28. The summed E-state index contributed by atoms with van der Waals surface area (Å²) in [5.41, 5.74) is 1.12. The van der Waals surface area contributed by atoms with Crippen LogP contribution < -0.4 is 5.32 Å². The molecule has 0 aromatic carbocycles. The molecule has 1 N–H and O–H groups in total. The Bertz CT molecular complexity index is 281. The molecular formula is C11H21Cl2N3. The Balaban J connectivity index is 0.00000112. The molecule has 1 aliphatic rings. The first-order valence-electron chi connectivity index (χ1n) is 5.53. The molecule has 2 rings (SSSR count). The van der Waals surface area contributed by atoms with Crippen LogP contribution in [0.2, 0.25) is 0 Å². The summed E-state index contributed by atoms with van der Waals surface area (Å²) in [4.78, 5) is 4.25. The van der Waals surface area contributed by atoms with E-state index in [2.05, 4.69) is 21.1 Å². The summed E-state index contributed by atoms with van der Waals surface area (Å²) >= 11 is 0. The Kier molecular flexibility index (Phi) is 7.81. The summed E-state index contributed by atoms with van der Waals surface area (Å²) in [5, 5.41) is 3.49. The van der Waals surface area contributed by atoms with Gasteiger partial charge in [0.2, 0.25) is 0 Å². The van der Waals surface area contributed by atoms with Crippen LogP contribution >= 0.6 is 24.8 Å². The third kappa shape index (κ3) is 4.73. The van der Waals surface area contributed by atoms with Crippen LogP contribution in [0.5, 0.6) is 0 Å². The molecule has 1 saturated heterocycles. The van der Waals surface area contributed by atoms with E-state index in [0.29, 0.717) is 0 Å². The summed E-state index contributed by atoms with van der Waals surface area (Å²) < 4.78 is 2.22. The summed E-state index contributed by atoms with van der Waals surface area (Å²) in [7, 11) is 0. The Labute approximate surface area is 110 Å². The van der Waals surface area contributed by atoms with Gasteiger partial charge >= 0.3 is 0 Å². The monoisotopic (exact) mass is 265 g/mol. The minimum Gasteiger partial charge on any atom is -0.337 e. The Hall–Kier alpha value is -0.250. The fourth-order valence-corrected chi connectivity index (χ4v) is 2.12.